The van der Waals surface area contributed by atoms with Crippen molar-refractivity contribution in [3.63, 3.8) is 0 Å². The lowest BCUT2D eigenvalue weighted by Crippen LogP contribution is -2.38. The minimum atomic E-state index is 0.339. The highest BCUT2D eigenvalue weighted by atomic mass is 16.5. The number of rotatable bonds is 8. The Balaban J connectivity index is 1.28. The first-order valence-electron chi connectivity index (χ1n) is 10.9. The number of nitrogens with one attached hydrogen (secondary N) is 3. The van der Waals surface area contributed by atoms with E-state index < -0.39 is 0 Å². The maximum atomic E-state index is 6.30. The predicted octanol–water partition coefficient (Wildman–Crippen LogP) is 3.60. The van der Waals surface area contributed by atoms with Gasteiger partial charge in [-0.2, -0.15) is 5.10 Å². The molecule has 2 aromatic heterocycles. The Morgan fingerprint density at radius 2 is 2.13 bits per heavy atom. The van der Waals surface area contributed by atoms with E-state index in [2.05, 4.69) is 55.9 Å². The van der Waals surface area contributed by atoms with Gasteiger partial charge in [-0.1, -0.05) is 12.1 Å². The first-order valence-corrected chi connectivity index (χ1v) is 10.9. The van der Waals surface area contributed by atoms with Gasteiger partial charge in [0, 0.05) is 32.1 Å². The third-order valence-electron chi connectivity index (χ3n) is 5.42. The second kappa shape index (κ2) is 10.1. The third-order valence-corrected chi connectivity index (χ3v) is 5.42. The van der Waals surface area contributed by atoms with E-state index in [1.54, 1.807) is 13.3 Å². The highest BCUT2D eigenvalue weighted by molar-refractivity contribution is 5.79. The summed E-state index contributed by atoms with van der Waals surface area (Å²) in [5.74, 6) is 3.72. The standard InChI is InChI=1S/C23H30N6O2/c1-16-9-10-17(20(14-16)31-18-6-3-4-7-18)15-26-23(24-2)25-12-11-21-27-22(29-28-21)19-8-5-13-30-19/h5,8-10,13-14,18H,3-4,6-7,11-12,15H2,1-2H3,(H2,24,25,26)(H,27,28,29). The van der Waals surface area contributed by atoms with E-state index in [4.69, 9.17) is 9.15 Å². The minimum absolute atomic E-state index is 0.339. The number of ether oxygens (including phenoxy) is 1. The molecule has 164 valence electrons. The number of hydrogen-bond donors (Lipinski definition) is 3. The summed E-state index contributed by atoms with van der Waals surface area (Å²) in [5.41, 5.74) is 2.35. The Hall–Kier alpha value is -3.29. The monoisotopic (exact) mass is 422 g/mol. The van der Waals surface area contributed by atoms with E-state index in [1.165, 1.54) is 18.4 Å². The fourth-order valence-corrected chi connectivity index (χ4v) is 3.73. The maximum Gasteiger partial charge on any atom is 0.216 e. The molecule has 1 aliphatic rings. The molecule has 1 aliphatic carbocycles. The fourth-order valence-electron chi connectivity index (χ4n) is 3.73. The maximum absolute atomic E-state index is 6.30. The summed E-state index contributed by atoms with van der Waals surface area (Å²) in [6.07, 6.45) is 7.45. The molecule has 0 atom stereocenters. The molecule has 0 amide bonds. The number of hydrogen-bond acceptors (Lipinski definition) is 5. The van der Waals surface area contributed by atoms with Crippen LogP contribution in [-0.4, -0.2) is 40.8 Å². The zero-order valence-corrected chi connectivity index (χ0v) is 18.1. The van der Waals surface area contributed by atoms with Gasteiger partial charge >= 0.3 is 0 Å². The van der Waals surface area contributed by atoms with Crippen molar-refractivity contribution in [1.82, 2.24) is 25.8 Å². The van der Waals surface area contributed by atoms with Gasteiger partial charge in [0.2, 0.25) is 5.82 Å². The van der Waals surface area contributed by atoms with Crippen LogP contribution < -0.4 is 15.4 Å². The quantitative estimate of drug-likeness (QED) is 0.379. The highest BCUT2D eigenvalue weighted by Gasteiger charge is 2.18. The number of guanidine groups is 1. The van der Waals surface area contributed by atoms with E-state index in [-0.39, 0.29) is 0 Å². The molecule has 4 rings (SSSR count). The van der Waals surface area contributed by atoms with E-state index in [9.17, 15) is 0 Å². The van der Waals surface area contributed by atoms with Gasteiger partial charge in [0.1, 0.15) is 11.6 Å². The molecule has 0 aliphatic heterocycles. The van der Waals surface area contributed by atoms with Gasteiger partial charge in [0.25, 0.3) is 0 Å². The molecule has 2 heterocycles. The van der Waals surface area contributed by atoms with Crippen LogP contribution in [0.3, 0.4) is 0 Å². The summed E-state index contributed by atoms with van der Waals surface area (Å²) in [6, 6.07) is 10.0. The van der Waals surface area contributed by atoms with Crippen LogP contribution in [0.2, 0.25) is 0 Å². The predicted molar refractivity (Wildman–Crippen MR) is 120 cm³/mol. The second-order valence-electron chi connectivity index (χ2n) is 7.82. The molecule has 1 saturated carbocycles. The molecule has 0 spiro atoms. The van der Waals surface area contributed by atoms with Crippen LogP contribution in [0.25, 0.3) is 11.6 Å². The molecule has 8 nitrogen and oxygen atoms in total. The Morgan fingerprint density at radius 1 is 1.26 bits per heavy atom. The van der Waals surface area contributed by atoms with E-state index >= 15 is 0 Å². The van der Waals surface area contributed by atoms with Gasteiger partial charge < -0.3 is 19.8 Å². The molecular weight excluding hydrogens is 392 g/mol. The Morgan fingerprint density at radius 3 is 2.90 bits per heavy atom. The summed E-state index contributed by atoms with van der Waals surface area (Å²) in [7, 11) is 1.77. The van der Waals surface area contributed by atoms with E-state index in [0.717, 1.165) is 35.9 Å². The van der Waals surface area contributed by atoms with Crippen LogP contribution in [0.15, 0.2) is 46.0 Å². The van der Waals surface area contributed by atoms with Crippen molar-refractivity contribution in [2.75, 3.05) is 13.6 Å². The van der Waals surface area contributed by atoms with Crippen LogP contribution in [0.4, 0.5) is 0 Å². The zero-order valence-electron chi connectivity index (χ0n) is 18.1. The highest BCUT2D eigenvalue weighted by Crippen LogP contribution is 2.27. The SMILES string of the molecule is CN=C(NCCc1nc(-c2ccco2)n[nH]1)NCc1ccc(C)cc1OC1CCCC1. The summed E-state index contributed by atoms with van der Waals surface area (Å²) in [4.78, 5) is 8.78. The van der Waals surface area contributed by atoms with Gasteiger partial charge in [-0.25, -0.2) is 4.98 Å². The number of H-pyrrole nitrogens is 1. The molecule has 0 unspecified atom stereocenters. The topological polar surface area (TPSA) is 100 Å². The molecule has 3 N–H and O–H groups in total. The average molecular weight is 423 g/mol. The molecule has 0 saturated heterocycles. The van der Waals surface area contributed by atoms with Crippen LogP contribution in [0, 0.1) is 6.92 Å². The van der Waals surface area contributed by atoms with Crippen molar-refractivity contribution >= 4 is 5.96 Å². The molecule has 0 radical (unpaired) electrons. The van der Waals surface area contributed by atoms with Crippen molar-refractivity contribution in [2.45, 2.75) is 51.7 Å². The third kappa shape index (κ3) is 5.65. The molecule has 31 heavy (non-hydrogen) atoms. The van der Waals surface area contributed by atoms with Gasteiger partial charge in [-0.05, 0) is 56.4 Å². The summed E-state index contributed by atoms with van der Waals surface area (Å²) in [6.45, 7) is 3.42. The molecule has 8 heteroatoms. The average Bonchev–Trinajstić information content (AvgIpc) is 3.54. The van der Waals surface area contributed by atoms with E-state index in [0.29, 0.717) is 37.2 Å². The van der Waals surface area contributed by atoms with Crippen molar-refractivity contribution < 1.29 is 9.15 Å². The lowest BCUT2D eigenvalue weighted by Gasteiger charge is -2.18. The lowest BCUT2D eigenvalue weighted by molar-refractivity contribution is 0.207. The molecule has 1 fully saturated rings. The van der Waals surface area contributed by atoms with Gasteiger partial charge in [-0.3, -0.25) is 10.1 Å². The zero-order chi connectivity index (χ0) is 21.5. The smallest absolute Gasteiger partial charge is 0.216 e. The van der Waals surface area contributed by atoms with Crippen molar-refractivity contribution in [2.24, 2.45) is 4.99 Å². The number of aryl methyl sites for hydroxylation is 1. The normalized spacial score (nSPS) is 14.7. The van der Waals surface area contributed by atoms with Crippen molar-refractivity contribution in [3.05, 3.63) is 53.5 Å². The largest absolute Gasteiger partial charge is 0.490 e. The summed E-state index contributed by atoms with van der Waals surface area (Å²) < 4.78 is 11.6. The lowest BCUT2D eigenvalue weighted by atomic mass is 10.1. The van der Waals surface area contributed by atoms with Crippen LogP contribution in [-0.2, 0) is 13.0 Å². The number of aromatic amines is 1. The Kier molecular flexibility index (Phi) is 6.86. The van der Waals surface area contributed by atoms with Crippen LogP contribution in [0.1, 0.15) is 42.6 Å². The molecule has 1 aromatic carbocycles. The first-order chi connectivity index (χ1) is 15.2. The fraction of sp³-hybridized carbons (Fsp3) is 0.435. The molecular formula is C23H30N6O2. The first kappa shape index (κ1) is 21.0. The van der Waals surface area contributed by atoms with Gasteiger partial charge in [-0.15, -0.1) is 0 Å². The Labute approximate surface area is 182 Å². The van der Waals surface area contributed by atoms with Gasteiger partial charge in [0.15, 0.2) is 11.7 Å². The number of furan rings is 1. The second-order valence-corrected chi connectivity index (χ2v) is 7.82. The van der Waals surface area contributed by atoms with Crippen molar-refractivity contribution in [3.8, 4) is 17.3 Å². The van der Waals surface area contributed by atoms with Crippen LogP contribution in [0.5, 0.6) is 5.75 Å². The van der Waals surface area contributed by atoms with Gasteiger partial charge in [0.05, 0.1) is 12.4 Å². The van der Waals surface area contributed by atoms with Crippen LogP contribution >= 0.6 is 0 Å². The number of aliphatic imine (C=N–C) groups is 1. The summed E-state index contributed by atoms with van der Waals surface area (Å²) >= 11 is 0. The molecule has 0 bridgehead atoms. The minimum Gasteiger partial charge on any atom is -0.490 e. The van der Waals surface area contributed by atoms with E-state index in [1.807, 2.05) is 12.1 Å². The summed E-state index contributed by atoms with van der Waals surface area (Å²) in [5, 5.41) is 13.9. The number of nitrogens with zero attached hydrogens (tertiary/aromatic N) is 3. The Bertz CT molecular complexity index is 989. The number of aromatic nitrogens is 3. The number of benzene rings is 1. The van der Waals surface area contributed by atoms with Crippen molar-refractivity contribution in [1.29, 1.82) is 0 Å². The molecule has 3 aromatic rings.